The number of anilines is 3. The van der Waals surface area contributed by atoms with Gasteiger partial charge in [0.25, 0.3) is 5.91 Å². The van der Waals surface area contributed by atoms with E-state index in [4.69, 9.17) is 4.74 Å². The first-order chi connectivity index (χ1) is 12.7. The number of carbonyl (C=O) groups excluding carboxylic acids is 1. The summed E-state index contributed by atoms with van der Waals surface area (Å²) in [5.74, 6) is 1.03. The van der Waals surface area contributed by atoms with Gasteiger partial charge in [-0.2, -0.15) is 0 Å². The van der Waals surface area contributed by atoms with Crippen LogP contribution < -0.4 is 15.0 Å². The Bertz CT molecular complexity index is 849. The SMILES string of the molecule is CCOc1ccc(NC(=O)c2cnc(N(C)c3ccccc3)nc2)cc1. The molecule has 0 radical (unpaired) electrons. The van der Waals surface area contributed by atoms with E-state index in [1.807, 2.05) is 61.3 Å². The van der Waals surface area contributed by atoms with Gasteiger partial charge in [0.05, 0.1) is 12.2 Å². The number of carbonyl (C=O) groups is 1. The molecule has 1 N–H and O–H groups in total. The van der Waals surface area contributed by atoms with Crippen molar-refractivity contribution in [3.05, 3.63) is 72.6 Å². The van der Waals surface area contributed by atoms with Crippen molar-refractivity contribution in [2.24, 2.45) is 0 Å². The summed E-state index contributed by atoms with van der Waals surface area (Å²) in [6.45, 7) is 2.53. The van der Waals surface area contributed by atoms with Crippen LogP contribution in [0.2, 0.25) is 0 Å². The standard InChI is InChI=1S/C20H20N4O2/c1-3-26-18-11-9-16(10-12-18)23-19(25)15-13-21-20(22-14-15)24(2)17-7-5-4-6-8-17/h4-14H,3H2,1-2H3,(H,23,25). The van der Waals surface area contributed by atoms with Crippen LogP contribution in [0.25, 0.3) is 0 Å². The van der Waals surface area contributed by atoms with Crippen LogP contribution in [0.15, 0.2) is 67.0 Å². The monoisotopic (exact) mass is 348 g/mol. The van der Waals surface area contributed by atoms with Gasteiger partial charge in [-0.3, -0.25) is 4.79 Å². The van der Waals surface area contributed by atoms with Gasteiger partial charge in [0.15, 0.2) is 0 Å². The molecule has 0 bridgehead atoms. The predicted molar refractivity (Wildman–Crippen MR) is 102 cm³/mol. The molecular formula is C20H20N4O2. The van der Waals surface area contributed by atoms with E-state index in [0.717, 1.165) is 11.4 Å². The predicted octanol–water partition coefficient (Wildman–Crippen LogP) is 3.90. The van der Waals surface area contributed by atoms with Crippen molar-refractivity contribution in [2.75, 3.05) is 23.9 Å². The summed E-state index contributed by atoms with van der Waals surface area (Å²) in [5.41, 5.74) is 2.05. The quantitative estimate of drug-likeness (QED) is 0.732. The highest BCUT2D eigenvalue weighted by atomic mass is 16.5. The molecule has 0 saturated carbocycles. The van der Waals surface area contributed by atoms with Gasteiger partial charge in [-0.1, -0.05) is 18.2 Å². The number of aromatic nitrogens is 2. The van der Waals surface area contributed by atoms with Crippen molar-refractivity contribution in [1.29, 1.82) is 0 Å². The molecule has 0 aliphatic carbocycles. The summed E-state index contributed by atoms with van der Waals surface area (Å²) in [5, 5.41) is 2.82. The van der Waals surface area contributed by atoms with Crippen molar-refractivity contribution in [1.82, 2.24) is 9.97 Å². The number of benzene rings is 2. The lowest BCUT2D eigenvalue weighted by molar-refractivity contribution is 0.102. The van der Waals surface area contributed by atoms with Crippen molar-refractivity contribution in [3.63, 3.8) is 0 Å². The van der Waals surface area contributed by atoms with Gasteiger partial charge in [0, 0.05) is 30.8 Å². The minimum absolute atomic E-state index is 0.261. The van der Waals surface area contributed by atoms with Gasteiger partial charge in [0.1, 0.15) is 5.75 Å². The van der Waals surface area contributed by atoms with Crippen LogP contribution in [-0.4, -0.2) is 29.5 Å². The average Bonchev–Trinajstić information content (AvgIpc) is 2.70. The zero-order valence-corrected chi connectivity index (χ0v) is 14.7. The van der Waals surface area contributed by atoms with E-state index in [1.165, 1.54) is 12.4 Å². The summed E-state index contributed by atoms with van der Waals surface area (Å²) in [7, 11) is 1.88. The van der Waals surface area contributed by atoms with E-state index in [-0.39, 0.29) is 5.91 Å². The first kappa shape index (κ1) is 17.4. The molecule has 0 fully saturated rings. The summed E-state index contributed by atoms with van der Waals surface area (Å²) in [4.78, 5) is 22.8. The smallest absolute Gasteiger partial charge is 0.258 e. The molecule has 3 rings (SSSR count). The molecule has 1 amide bonds. The third-order valence-corrected chi connectivity index (χ3v) is 3.77. The molecule has 0 aliphatic rings. The Morgan fingerprint density at radius 2 is 1.69 bits per heavy atom. The molecule has 1 aromatic heterocycles. The largest absolute Gasteiger partial charge is 0.494 e. The molecule has 0 spiro atoms. The Kier molecular flexibility index (Phi) is 5.43. The fourth-order valence-corrected chi connectivity index (χ4v) is 2.38. The van der Waals surface area contributed by atoms with Crippen LogP contribution >= 0.6 is 0 Å². The van der Waals surface area contributed by atoms with Gasteiger partial charge < -0.3 is 15.0 Å². The van der Waals surface area contributed by atoms with Crippen LogP contribution in [0.1, 0.15) is 17.3 Å². The Morgan fingerprint density at radius 3 is 2.31 bits per heavy atom. The highest BCUT2D eigenvalue weighted by Gasteiger charge is 2.10. The van der Waals surface area contributed by atoms with Gasteiger partial charge in [-0.05, 0) is 43.3 Å². The van der Waals surface area contributed by atoms with E-state index >= 15 is 0 Å². The summed E-state index contributed by atoms with van der Waals surface area (Å²) in [6, 6.07) is 17.0. The van der Waals surface area contributed by atoms with E-state index < -0.39 is 0 Å². The first-order valence-electron chi connectivity index (χ1n) is 8.32. The van der Waals surface area contributed by atoms with Crippen LogP contribution in [0.3, 0.4) is 0 Å². The summed E-state index contributed by atoms with van der Waals surface area (Å²) >= 11 is 0. The zero-order chi connectivity index (χ0) is 18.4. The molecule has 2 aromatic carbocycles. The molecule has 3 aromatic rings. The Balaban J connectivity index is 1.67. The average molecular weight is 348 g/mol. The number of hydrogen-bond donors (Lipinski definition) is 1. The fraction of sp³-hybridized carbons (Fsp3) is 0.150. The first-order valence-corrected chi connectivity index (χ1v) is 8.32. The lowest BCUT2D eigenvalue weighted by atomic mass is 10.2. The molecule has 0 saturated heterocycles. The van der Waals surface area contributed by atoms with Gasteiger partial charge in [-0.15, -0.1) is 0 Å². The third-order valence-electron chi connectivity index (χ3n) is 3.77. The molecule has 1 heterocycles. The number of para-hydroxylation sites is 1. The third kappa shape index (κ3) is 4.16. The maximum absolute atomic E-state index is 12.3. The van der Waals surface area contributed by atoms with E-state index in [0.29, 0.717) is 23.8 Å². The molecule has 0 atom stereocenters. The summed E-state index contributed by atoms with van der Waals surface area (Å²) < 4.78 is 5.39. The van der Waals surface area contributed by atoms with Crippen molar-refractivity contribution >= 4 is 23.2 Å². The van der Waals surface area contributed by atoms with E-state index in [1.54, 1.807) is 12.1 Å². The van der Waals surface area contributed by atoms with E-state index in [2.05, 4.69) is 15.3 Å². The second-order valence-corrected chi connectivity index (χ2v) is 5.58. The highest BCUT2D eigenvalue weighted by molar-refractivity contribution is 6.03. The molecule has 6 nitrogen and oxygen atoms in total. The number of rotatable bonds is 6. The Hall–Kier alpha value is -3.41. The normalized spacial score (nSPS) is 10.2. The maximum Gasteiger partial charge on any atom is 0.258 e. The molecule has 26 heavy (non-hydrogen) atoms. The molecule has 0 aliphatic heterocycles. The number of hydrogen-bond acceptors (Lipinski definition) is 5. The fourth-order valence-electron chi connectivity index (χ4n) is 2.38. The Morgan fingerprint density at radius 1 is 1.04 bits per heavy atom. The zero-order valence-electron chi connectivity index (χ0n) is 14.7. The van der Waals surface area contributed by atoms with Gasteiger partial charge in [0.2, 0.25) is 5.95 Å². The lowest BCUT2D eigenvalue weighted by Crippen LogP contribution is -2.16. The number of ether oxygens (including phenoxy) is 1. The van der Waals surface area contributed by atoms with Crippen LogP contribution in [0.4, 0.5) is 17.3 Å². The molecule has 0 unspecified atom stereocenters. The molecule has 132 valence electrons. The van der Waals surface area contributed by atoms with Crippen LogP contribution in [-0.2, 0) is 0 Å². The second kappa shape index (κ2) is 8.11. The van der Waals surface area contributed by atoms with Crippen LogP contribution in [0, 0.1) is 0 Å². The van der Waals surface area contributed by atoms with Crippen LogP contribution in [0.5, 0.6) is 5.75 Å². The minimum atomic E-state index is -0.261. The number of nitrogens with zero attached hydrogens (tertiary/aromatic N) is 3. The van der Waals surface area contributed by atoms with Crippen molar-refractivity contribution in [2.45, 2.75) is 6.92 Å². The topological polar surface area (TPSA) is 67.3 Å². The summed E-state index contributed by atoms with van der Waals surface area (Å²) in [6.07, 6.45) is 3.04. The van der Waals surface area contributed by atoms with Gasteiger partial charge >= 0.3 is 0 Å². The van der Waals surface area contributed by atoms with Crippen molar-refractivity contribution < 1.29 is 9.53 Å². The maximum atomic E-state index is 12.3. The number of nitrogens with one attached hydrogen (secondary N) is 1. The second-order valence-electron chi connectivity index (χ2n) is 5.58. The molecule has 6 heteroatoms. The number of amides is 1. The molecular weight excluding hydrogens is 328 g/mol. The van der Waals surface area contributed by atoms with Crippen molar-refractivity contribution in [3.8, 4) is 5.75 Å². The minimum Gasteiger partial charge on any atom is -0.494 e. The Labute approximate surface area is 152 Å². The lowest BCUT2D eigenvalue weighted by Gasteiger charge is -2.16. The highest BCUT2D eigenvalue weighted by Crippen LogP contribution is 2.19. The van der Waals surface area contributed by atoms with E-state index in [9.17, 15) is 4.79 Å². The van der Waals surface area contributed by atoms with Gasteiger partial charge in [-0.25, -0.2) is 9.97 Å².